The molecular formula is C19H13F3N4. The molecule has 0 saturated heterocycles. The molecule has 130 valence electrons. The predicted octanol–water partition coefficient (Wildman–Crippen LogP) is 5.16. The Kier molecular flexibility index (Phi) is 3.84. The minimum absolute atomic E-state index is 0.0364. The van der Waals surface area contributed by atoms with Crippen molar-refractivity contribution in [2.75, 3.05) is 5.32 Å². The van der Waals surface area contributed by atoms with Crippen molar-refractivity contribution < 1.29 is 13.2 Å². The van der Waals surface area contributed by atoms with Gasteiger partial charge in [0.25, 0.3) is 0 Å². The van der Waals surface area contributed by atoms with E-state index >= 15 is 0 Å². The number of halogens is 3. The summed E-state index contributed by atoms with van der Waals surface area (Å²) < 4.78 is 41.4. The van der Waals surface area contributed by atoms with E-state index in [2.05, 4.69) is 15.4 Å². The highest BCUT2D eigenvalue weighted by molar-refractivity contribution is 5.76. The van der Waals surface area contributed by atoms with E-state index in [-0.39, 0.29) is 11.3 Å². The van der Waals surface area contributed by atoms with Crippen molar-refractivity contribution in [1.82, 2.24) is 14.6 Å². The molecule has 4 aromatic rings. The van der Waals surface area contributed by atoms with Gasteiger partial charge in [-0.1, -0.05) is 36.4 Å². The fraction of sp³-hybridized carbons (Fsp3) is 0.0526. The first-order valence-electron chi connectivity index (χ1n) is 7.85. The maximum Gasteiger partial charge on any atom is 0.417 e. The third kappa shape index (κ3) is 2.99. The second-order valence-corrected chi connectivity index (χ2v) is 5.67. The molecule has 4 rings (SSSR count). The van der Waals surface area contributed by atoms with E-state index in [0.29, 0.717) is 11.3 Å². The number of hydrogen-bond acceptors (Lipinski definition) is 3. The van der Waals surface area contributed by atoms with Crippen LogP contribution in [0.1, 0.15) is 5.56 Å². The smallest absolute Gasteiger partial charge is 0.351 e. The molecule has 2 heterocycles. The first-order chi connectivity index (χ1) is 12.5. The second-order valence-electron chi connectivity index (χ2n) is 5.67. The first kappa shape index (κ1) is 16.1. The van der Waals surface area contributed by atoms with Gasteiger partial charge in [-0.05, 0) is 24.3 Å². The van der Waals surface area contributed by atoms with E-state index in [1.807, 2.05) is 30.3 Å². The van der Waals surface area contributed by atoms with Crippen molar-refractivity contribution in [2.24, 2.45) is 0 Å². The molecule has 0 bridgehead atoms. The number of anilines is 2. The lowest BCUT2D eigenvalue weighted by atomic mass is 10.0. The van der Waals surface area contributed by atoms with Crippen LogP contribution < -0.4 is 5.32 Å². The number of aromatic nitrogens is 3. The van der Waals surface area contributed by atoms with Crippen LogP contribution in [0.25, 0.3) is 16.9 Å². The van der Waals surface area contributed by atoms with Gasteiger partial charge in [-0.2, -0.15) is 18.3 Å². The largest absolute Gasteiger partial charge is 0.417 e. The summed E-state index contributed by atoms with van der Waals surface area (Å²) >= 11 is 0. The fourth-order valence-corrected chi connectivity index (χ4v) is 2.74. The molecule has 7 heteroatoms. The van der Waals surface area contributed by atoms with E-state index in [0.717, 1.165) is 11.8 Å². The summed E-state index contributed by atoms with van der Waals surface area (Å²) in [7, 11) is 0. The van der Waals surface area contributed by atoms with Crippen LogP contribution in [0.5, 0.6) is 0 Å². The molecule has 0 aliphatic heterocycles. The quantitative estimate of drug-likeness (QED) is 0.553. The lowest BCUT2D eigenvalue weighted by molar-refractivity contribution is -0.137. The highest BCUT2D eigenvalue weighted by Crippen LogP contribution is 2.36. The molecule has 0 spiro atoms. The van der Waals surface area contributed by atoms with Gasteiger partial charge in [0.2, 0.25) is 0 Å². The van der Waals surface area contributed by atoms with Gasteiger partial charge in [0.15, 0.2) is 5.65 Å². The zero-order valence-corrected chi connectivity index (χ0v) is 13.4. The third-order valence-corrected chi connectivity index (χ3v) is 3.93. The average Bonchev–Trinajstić information content (AvgIpc) is 3.04. The molecule has 0 saturated carbocycles. The number of para-hydroxylation sites is 1. The number of rotatable bonds is 3. The molecule has 2 aromatic heterocycles. The van der Waals surface area contributed by atoms with Gasteiger partial charge in [-0.3, -0.25) is 0 Å². The van der Waals surface area contributed by atoms with Gasteiger partial charge in [-0.15, -0.1) is 0 Å². The monoisotopic (exact) mass is 354 g/mol. The average molecular weight is 354 g/mol. The maximum absolute atomic E-state index is 13.3. The number of fused-ring (bicyclic) bond motifs is 1. The maximum atomic E-state index is 13.3. The molecule has 0 unspecified atom stereocenters. The molecule has 26 heavy (non-hydrogen) atoms. The van der Waals surface area contributed by atoms with Crippen molar-refractivity contribution in [3.05, 3.63) is 78.6 Å². The van der Waals surface area contributed by atoms with Crippen LogP contribution in [0.4, 0.5) is 24.5 Å². The molecule has 2 aromatic carbocycles. The number of benzene rings is 2. The number of nitrogens with zero attached hydrogens (tertiary/aromatic N) is 3. The van der Waals surface area contributed by atoms with Crippen LogP contribution in [0, 0.1) is 0 Å². The van der Waals surface area contributed by atoms with Crippen LogP contribution in [0.2, 0.25) is 0 Å². The molecule has 0 fully saturated rings. The Labute approximate surface area is 146 Å². The second kappa shape index (κ2) is 6.18. The zero-order valence-electron chi connectivity index (χ0n) is 13.4. The summed E-state index contributed by atoms with van der Waals surface area (Å²) in [4.78, 5) is 4.41. The van der Waals surface area contributed by atoms with Gasteiger partial charge in [0, 0.05) is 17.4 Å². The minimum Gasteiger partial charge on any atom is -0.351 e. The fourth-order valence-electron chi connectivity index (χ4n) is 2.74. The summed E-state index contributed by atoms with van der Waals surface area (Å²) in [5, 5.41) is 7.37. The standard InChI is InChI=1S/C19H13F3N4/c20-19(21,22)15-9-5-4-8-14(15)16-10-11-26-18(25-16)17(12-23-26)24-13-6-2-1-3-7-13/h1-12,24H. The van der Waals surface area contributed by atoms with Gasteiger partial charge in [0.1, 0.15) is 5.69 Å². The number of hydrogen-bond donors (Lipinski definition) is 1. The lowest BCUT2D eigenvalue weighted by Crippen LogP contribution is -2.07. The molecule has 0 radical (unpaired) electrons. The molecule has 0 aliphatic rings. The van der Waals surface area contributed by atoms with E-state index in [9.17, 15) is 13.2 Å². The first-order valence-corrected chi connectivity index (χ1v) is 7.85. The zero-order chi connectivity index (χ0) is 18.1. The normalized spacial score (nSPS) is 11.7. The highest BCUT2D eigenvalue weighted by atomic mass is 19.4. The summed E-state index contributed by atoms with van der Waals surface area (Å²) in [6, 6.07) is 16.4. The molecule has 4 nitrogen and oxygen atoms in total. The summed E-state index contributed by atoms with van der Waals surface area (Å²) in [6.07, 6.45) is -1.26. The van der Waals surface area contributed by atoms with E-state index in [4.69, 9.17) is 0 Å². The Morgan fingerprint density at radius 1 is 0.885 bits per heavy atom. The number of nitrogens with one attached hydrogen (secondary N) is 1. The van der Waals surface area contributed by atoms with Crippen LogP contribution >= 0.6 is 0 Å². The molecule has 1 N–H and O–H groups in total. The van der Waals surface area contributed by atoms with E-state index < -0.39 is 11.7 Å². The van der Waals surface area contributed by atoms with E-state index in [1.54, 1.807) is 18.5 Å². The SMILES string of the molecule is FC(F)(F)c1ccccc1-c1ccn2ncc(Nc3ccccc3)c2n1. The van der Waals surface area contributed by atoms with Crippen LogP contribution in [0.3, 0.4) is 0 Å². The Bertz CT molecular complexity index is 1060. The van der Waals surface area contributed by atoms with Gasteiger partial charge < -0.3 is 5.32 Å². The lowest BCUT2D eigenvalue weighted by Gasteiger charge is -2.12. The topological polar surface area (TPSA) is 42.2 Å². The summed E-state index contributed by atoms with van der Waals surface area (Å²) in [5.41, 5.74) is 1.46. The van der Waals surface area contributed by atoms with Crippen molar-refractivity contribution in [1.29, 1.82) is 0 Å². The Morgan fingerprint density at radius 3 is 2.38 bits per heavy atom. The van der Waals surface area contributed by atoms with Crippen molar-refractivity contribution >= 4 is 17.0 Å². The Morgan fingerprint density at radius 2 is 1.62 bits per heavy atom. The Hall–Kier alpha value is -3.35. The van der Waals surface area contributed by atoms with Crippen molar-refractivity contribution in [3.63, 3.8) is 0 Å². The van der Waals surface area contributed by atoms with Crippen LogP contribution in [0.15, 0.2) is 73.1 Å². The Balaban J connectivity index is 1.80. The third-order valence-electron chi connectivity index (χ3n) is 3.93. The molecule has 0 atom stereocenters. The minimum atomic E-state index is -4.45. The van der Waals surface area contributed by atoms with Gasteiger partial charge in [0.05, 0.1) is 17.5 Å². The highest BCUT2D eigenvalue weighted by Gasteiger charge is 2.33. The molecule has 0 aliphatic carbocycles. The van der Waals surface area contributed by atoms with Gasteiger partial charge >= 0.3 is 6.18 Å². The van der Waals surface area contributed by atoms with Crippen molar-refractivity contribution in [2.45, 2.75) is 6.18 Å². The summed E-state index contributed by atoms with van der Waals surface area (Å²) in [6.45, 7) is 0. The molecular weight excluding hydrogens is 341 g/mol. The van der Waals surface area contributed by atoms with Crippen LogP contribution in [-0.2, 0) is 6.18 Å². The number of alkyl halides is 3. The summed E-state index contributed by atoms with van der Waals surface area (Å²) in [5.74, 6) is 0. The van der Waals surface area contributed by atoms with E-state index in [1.165, 1.54) is 22.7 Å². The molecule has 0 amide bonds. The van der Waals surface area contributed by atoms with Gasteiger partial charge in [-0.25, -0.2) is 9.50 Å². The van der Waals surface area contributed by atoms with Crippen LogP contribution in [-0.4, -0.2) is 14.6 Å². The predicted molar refractivity (Wildman–Crippen MR) is 93.1 cm³/mol. The van der Waals surface area contributed by atoms with Crippen molar-refractivity contribution in [3.8, 4) is 11.3 Å².